The first kappa shape index (κ1) is 17.9. The Hall–Kier alpha value is -3.45. The Balaban J connectivity index is 1.62. The van der Waals surface area contributed by atoms with Crippen LogP contribution in [0.3, 0.4) is 0 Å². The molecule has 1 heterocycles. The number of benzene rings is 3. The molecule has 0 radical (unpaired) electrons. The first-order valence-electron chi connectivity index (χ1n) is 8.26. The smallest absolute Gasteiger partial charge is 0.339 e. The molecule has 1 aliphatic rings. The molecule has 0 spiro atoms. The molecule has 0 unspecified atom stereocenters. The van der Waals surface area contributed by atoms with E-state index in [4.69, 9.17) is 8.92 Å². The van der Waals surface area contributed by atoms with Gasteiger partial charge in [0.05, 0.1) is 5.56 Å². The topological polar surface area (TPSA) is 69.7 Å². The number of Topliss-reactive ketones (excluding diaryl/α,β-unsaturated/α-hetero) is 1. The van der Waals surface area contributed by atoms with Gasteiger partial charge in [-0.2, -0.15) is 8.42 Å². The summed E-state index contributed by atoms with van der Waals surface area (Å²) in [6.07, 6.45) is 1.30. The third kappa shape index (κ3) is 3.39. The van der Waals surface area contributed by atoms with E-state index in [1.165, 1.54) is 48.5 Å². The fourth-order valence-electron chi connectivity index (χ4n) is 2.71. The quantitative estimate of drug-likeness (QED) is 0.488. The molecule has 0 saturated carbocycles. The largest absolute Gasteiger partial charge is 0.452 e. The van der Waals surface area contributed by atoms with Gasteiger partial charge in [0.25, 0.3) is 0 Å². The zero-order chi connectivity index (χ0) is 19.7. The van der Waals surface area contributed by atoms with Crippen LogP contribution in [0.1, 0.15) is 15.9 Å². The minimum atomic E-state index is -4.02. The van der Waals surface area contributed by atoms with Gasteiger partial charge < -0.3 is 8.92 Å². The summed E-state index contributed by atoms with van der Waals surface area (Å²) in [5, 5.41) is 0. The van der Waals surface area contributed by atoms with Crippen LogP contribution in [0.5, 0.6) is 11.5 Å². The molecule has 0 aromatic heterocycles. The van der Waals surface area contributed by atoms with Gasteiger partial charge in [-0.15, -0.1) is 0 Å². The van der Waals surface area contributed by atoms with Crippen molar-refractivity contribution >= 4 is 22.0 Å². The molecule has 28 heavy (non-hydrogen) atoms. The van der Waals surface area contributed by atoms with E-state index in [-0.39, 0.29) is 33.3 Å². The zero-order valence-electron chi connectivity index (χ0n) is 14.3. The number of ketones is 1. The number of hydrogen-bond acceptors (Lipinski definition) is 5. The molecule has 0 atom stereocenters. The van der Waals surface area contributed by atoms with Crippen LogP contribution in [0, 0.1) is 5.82 Å². The molecule has 7 heteroatoms. The second kappa shape index (κ2) is 6.94. The fraction of sp³-hybridized carbons (Fsp3) is 0. The predicted molar refractivity (Wildman–Crippen MR) is 100 cm³/mol. The fourth-order valence-corrected chi connectivity index (χ4v) is 3.66. The summed E-state index contributed by atoms with van der Waals surface area (Å²) in [6, 6.07) is 17.8. The van der Waals surface area contributed by atoms with Crippen molar-refractivity contribution in [1.29, 1.82) is 0 Å². The zero-order valence-corrected chi connectivity index (χ0v) is 15.1. The van der Waals surface area contributed by atoms with Gasteiger partial charge in [-0.05, 0) is 36.4 Å². The average Bonchev–Trinajstić information content (AvgIpc) is 2.99. The van der Waals surface area contributed by atoms with Crippen LogP contribution < -0.4 is 8.92 Å². The van der Waals surface area contributed by atoms with Gasteiger partial charge in [0, 0.05) is 11.6 Å². The number of hydrogen-bond donors (Lipinski definition) is 0. The molecule has 0 N–H and O–H groups in total. The van der Waals surface area contributed by atoms with Crippen LogP contribution in [-0.2, 0) is 10.1 Å². The van der Waals surface area contributed by atoms with Crippen molar-refractivity contribution in [2.24, 2.45) is 0 Å². The Bertz CT molecular complexity index is 1200. The summed E-state index contributed by atoms with van der Waals surface area (Å²) in [7, 11) is -4.02. The molecule has 1 aliphatic heterocycles. The highest BCUT2D eigenvalue weighted by atomic mass is 32.2. The van der Waals surface area contributed by atoms with E-state index in [0.717, 1.165) is 0 Å². The maximum atomic E-state index is 13.8. The lowest BCUT2D eigenvalue weighted by Crippen LogP contribution is -2.09. The normalized spacial score (nSPS) is 14.6. The first-order chi connectivity index (χ1) is 13.4. The number of carbonyl (C=O) groups excluding carboxylic acids is 1. The molecule has 3 aromatic rings. The SMILES string of the molecule is O=C1C(=Cc2ccccc2F)Oc2cc(OS(=O)(=O)c3ccccc3)ccc21. The Kier molecular flexibility index (Phi) is 4.44. The van der Waals surface area contributed by atoms with E-state index < -0.39 is 21.7 Å². The highest BCUT2D eigenvalue weighted by Crippen LogP contribution is 2.35. The summed E-state index contributed by atoms with van der Waals surface area (Å²) >= 11 is 0. The molecule has 0 amide bonds. The van der Waals surface area contributed by atoms with Crippen molar-refractivity contribution in [2.75, 3.05) is 0 Å². The Morgan fingerprint density at radius 3 is 2.39 bits per heavy atom. The number of halogens is 1. The lowest BCUT2D eigenvalue weighted by Gasteiger charge is -2.07. The van der Waals surface area contributed by atoms with Crippen molar-refractivity contribution in [3.05, 3.63) is 95.5 Å². The molecule has 0 saturated heterocycles. The van der Waals surface area contributed by atoms with Gasteiger partial charge >= 0.3 is 10.1 Å². The number of carbonyl (C=O) groups is 1. The lowest BCUT2D eigenvalue weighted by atomic mass is 10.1. The van der Waals surface area contributed by atoms with Crippen LogP contribution in [0.25, 0.3) is 6.08 Å². The number of ether oxygens (including phenoxy) is 1. The van der Waals surface area contributed by atoms with Crippen LogP contribution in [-0.4, -0.2) is 14.2 Å². The molecular formula is C21H13FO5S. The van der Waals surface area contributed by atoms with E-state index in [9.17, 15) is 17.6 Å². The van der Waals surface area contributed by atoms with Crippen molar-refractivity contribution in [2.45, 2.75) is 4.90 Å². The lowest BCUT2D eigenvalue weighted by molar-refractivity contribution is 0.101. The van der Waals surface area contributed by atoms with Gasteiger partial charge in [0.1, 0.15) is 22.2 Å². The second-order valence-corrected chi connectivity index (χ2v) is 7.52. The van der Waals surface area contributed by atoms with Crippen LogP contribution in [0.2, 0.25) is 0 Å². The van der Waals surface area contributed by atoms with E-state index >= 15 is 0 Å². The van der Waals surface area contributed by atoms with Crippen molar-refractivity contribution in [3.8, 4) is 11.5 Å². The Morgan fingerprint density at radius 2 is 1.64 bits per heavy atom. The van der Waals surface area contributed by atoms with E-state index in [0.29, 0.717) is 0 Å². The average molecular weight is 396 g/mol. The van der Waals surface area contributed by atoms with Crippen molar-refractivity contribution in [3.63, 3.8) is 0 Å². The summed E-state index contributed by atoms with van der Waals surface area (Å²) in [6.45, 7) is 0. The Morgan fingerprint density at radius 1 is 0.929 bits per heavy atom. The van der Waals surface area contributed by atoms with Gasteiger partial charge in [-0.3, -0.25) is 4.79 Å². The predicted octanol–water partition coefficient (Wildman–Crippen LogP) is 4.21. The monoisotopic (exact) mass is 396 g/mol. The van der Waals surface area contributed by atoms with Crippen LogP contribution in [0.4, 0.5) is 4.39 Å². The molecule has 0 bridgehead atoms. The number of allylic oxidation sites excluding steroid dienone is 1. The van der Waals surface area contributed by atoms with Gasteiger partial charge in [0.2, 0.25) is 5.78 Å². The van der Waals surface area contributed by atoms with Gasteiger partial charge in [0.15, 0.2) is 5.76 Å². The van der Waals surface area contributed by atoms with Crippen LogP contribution in [0.15, 0.2) is 83.5 Å². The van der Waals surface area contributed by atoms with Crippen molar-refractivity contribution < 1.29 is 26.5 Å². The van der Waals surface area contributed by atoms with Crippen molar-refractivity contribution in [1.82, 2.24) is 0 Å². The Labute approximate surface area is 160 Å². The highest BCUT2D eigenvalue weighted by molar-refractivity contribution is 7.87. The minimum Gasteiger partial charge on any atom is -0.452 e. The first-order valence-corrected chi connectivity index (χ1v) is 9.67. The van der Waals surface area contributed by atoms with Gasteiger partial charge in [-0.1, -0.05) is 36.4 Å². The molecule has 5 nitrogen and oxygen atoms in total. The molecule has 140 valence electrons. The van der Waals surface area contributed by atoms with E-state index in [1.54, 1.807) is 30.3 Å². The molecular weight excluding hydrogens is 383 g/mol. The van der Waals surface area contributed by atoms with E-state index in [1.807, 2.05) is 0 Å². The molecule has 3 aromatic carbocycles. The van der Waals surface area contributed by atoms with Gasteiger partial charge in [-0.25, -0.2) is 4.39 Å². The second-order valence-electron chi connectivity index (χ2n) is 5.97. The maximum absolute atomic E-state index is 13.8. The third-order valence-electron chi connectivity index (χ3n) is 4.07. The summed E-state index contributed by atoms with van der Waals surface area (Å²) < 4.78 is 49.1. The van der Waals surface area contributed by atoms with Crippen LogP contribution >= 0.6 is 0 Å². The molecule has 0 aliphatic carbocycles. The minimum absolute atomic E-state index is 0.00236. The number of rotatable bonds is 4. The molecule has 4 rings (SSSR count). The maximum Gasteiger partial charge on any atom is 0.339 e. The molecule has 0 fully saturated rings. The van der Waals surface area contributed by atoms with E-state index in [2.05, 4.69) is 0 Å². The standard InChI is InChI=1S/C21H13FO5S/c22-18-9-5-4-6-14(18)12-20-21(23)17-11-10-15(13-19(17)26-20)27-28(24,25)16-7-2-1-3-8-16/h1-13H. The summed E-state index contributed by atoms with van der Waals surface area (Å²) in [4.78, 5) is 12.5. The summed E-state index contributed by atoms with van der Waals surface area (Å²) in [5.74, 6) is -0.810. The summed E-state index contributed by atoms with van der Waals surface area (Å²) in [5.41, 5.74) is 0.453. The number of fused-ring (bicyclic) bond motifs is 1. The highest BCUT2D eigenvalue weighted by Gasteiger charge is 2.29. The third-order valence-corrected chi connectivity index (χ3v) is 5.33.